The molecule has 1 aromatic heterocycles. The minimum atomic E-state index is -0.438. The molecule has 1 aromatic carbocycles. The van der Waals surface area contributed by atoms with Crippen LogP contribution < -0.4 is 10.5 Å². The van der Waals surface area contributed by atoms with E-state index in [0.717, 1.165) is 0 Å². The predicted molar refractivity (Wildman–Crippen MR) is 57.4 cm³/mol. The molecule has 0 aliphatic carbocycles. The summed E-state index contributed by atoms with van der Waals surface area (Å²) in [6.45, 7) is 0. The van der Waals surface area contributed by atoms with Crippen LogP contribution in [0, 0.1) is 5.82 Å². The quantitative estimate of drug-likeness (QED) is 0.775. The summed E-state index contributed by atoms with van der Waals surface area (Å²) >= 11 is 0. The van der Waals surface area contributed by atoms with Gasteiger partial charge in [0.1, 0.15) is 11.5 Å². The second-order valence-corrected chi connectivity index (χ2v) is 3.26. The smallest absolute Gasteiger partial charge is 0.154 e. The fourth-order valence-corrected chi connectivity index (χ4v) is 1.49. The molecule has 2 rings (SSSR count). The molecule has 5 nitrogen and oxygen atoms in total. The molecule has 0 bridgehead atoms. The van der Waals surface area contributed by atoms with Crippen molar-refractivity contribution < 1.29 is 9.13 Å². The van der Waals surface area contributed by atoms with Crippen molar-refractivity contribution in [2.45, 2.75) is 0 Å². The van der Waals surface area contributed by atoms with E-state index in [0.29, 0.717) is 11.4 Å². The molecule has 0 saturated carbocycles. The van der Waals surface area contributed by atoms with Gasteiger partial charge in [-0.2, -0.15) is 15.0 Å². The van der Waals surface area contributed by atoms with Gasteiger partial charge in [0.15, 0.2) is 5.75 Å². The van der Waals surface area contributed by atoms with Gasteiger partial charge in [-0.15, -0.1) is 0 Å². The van der Waals surface area contributed by atoms with E-state index in [1.807, 2.05) is 0 Å². The Balaban J connectivity index is 2.67. The molecule has 0 unspecified atom stereocenters. The standard InChI is InChI=1S/C10H11FN4O/c1-15-13-5-8(14-15)9-6(11)3-4-7(12)10(9)16-2/h3-5H,12H2,1-2H3. The molecule has 2 aromatic rings. The topological polar surface area (TPSA) is 66.0 Å². The molecule has 0 fully saturated rings. The molecule has 0 atom stereocenters. The Morgan fingerprint density at radius 2 is 2.19 bits per heavy atom. The monoisotopic (exact) mass is 222 g/mol. The fraction of sp³-hybridized carbons (Fsp3) is 0.200. The van der Waals surface area contributed by atoms with Crippen molar-refractivity contribution in [2.75, 3.05) is 12.8 Å². The lowest BCUT2D eigenvalue weighted by molar-refractivity contribution is 0.415. The third-order valence-electron chi connectivity index (χ3n) is 2.20. The van der Waals surface area contributed by atoms with Crippen molar-refractivity contribution in [1.82, 2.24) is 15.0 Å². The van der Waals surface area contributed by atoms with Gasteiger partial charge in [0.2, 0.25) is 0 Å². The second-order valence-electron chi connectivity index (χ2n) is 3.26. The number of rotatable bonds is 2. The highest BCUT2D eigenvalue weighted by Gasteiger charge is 2.17. The number of methoxy groups -OCH3 is 1. The SMILES string of the molecule is COc1c(N)ccc(F)c1-c1cnn(C)n1. The maximum Gasteiger partial charge on any atom is 0.154 e. The van der Waals surface area contributed by atoms with Crippen LogP contribution in [0.2, 0.25) is 0 Å². The number of benzene rings is 1. The fourth-order valence-electron chi connectivity index (χ4n) is 1.49. The summed E-state index contributed by atoms with van der Waals surface area (Å²) in [5.41, 5.74) is 6.69. The molecule has 0 amide bonds. The van der Waals surface area contributed by atoms with E-state index in [4.69, 9.17) is 10.5 Å². The Labute approximate surface area is 91.6 Å². The summed E-state index contributed by atoms with van der Waals surface area (Å²) in [4.78, 5) is 1.34. The molecule has 6 heteroatoms. The van der Waals surface area contributed by atoms with Gasteiger partial charge < -0.3 is 10.5 Å². The van der Waals surface area contributed by atoms with Crippen LogP contribution in [0.15, 0.2) is 18.3 Å². The van der Waals surface area contributed by atoms with Crippen molar-refractivity contribution in [3.63, 3.8) is 0 Å². The number of nitrogens with two attached hydrogens (primary N) is 1. The normalized spacial score (nSPS) is 10.4. The third-order valence-corrected chi connectivity index (χ3v) is 2.20. The van der Waals surface area contributed by atoms with Crippen LogP contribution in [-0.2, 0) is 7.05 Å². The van der Waals surface area contributed by atoms with Gasteiger partial charge in [-0.25, -0.2) is 4.39 Å². The van der Waals surface area contributed by atoms with E-state index in [9.17, 15) is 4.39 Å². The van der Waals surface area contributed by atoms with Crippen molar-refractivity contribution in [1.29, 1.82) is 0 Å². The minimum Gasteiger partial charge on any atom is -0.494 e. The maximum atomic E-state index is 13.7. The van der Waals surface area contributed by atoms with Gasteiger partial charge in [-0.1, -0.05) is 0 Å². The Hall–Kier alpha value is -2.11. The highest BCUT2D eigenvalue weighted by Crippen LogP contribution is 2.35. The van der Waals surface area contributed by atoms with Gasteiger partial charge in [0, 0.05) is 7.05 Å². The van der Waals surface area contributed by atoms with Gasteiger partial charge in [-0.05, 0) is 12.1 Å². The molecule has 84 valence electrons. The number of hydrogen-bond acceptors (Lipinski definition) is 4. The number of aromatic nitrogens is 3. The minimum absolute atomic E-state index is 0.232. The maximum absolute atomic E-state index is 13.7. The van der Waals surface area contributed by atoms with Gasteiger partial charge >= 0.3 is 0 Å². The van der Waals surface area contributed by atoms with E-state index in [1.165, 1.54) is 30.2 Å². The lowest BCUT2D eigenvalue weighted by Gasteiger charge is -2.09. The van der Waals surface area contributed by atoms with Crippen LogP contribution in [0.25, 0.3) is 11.3 Å². The van der Waals surface area contributed by atoms with Crippen LogP contribution in [-0.4, -0.2) is 22.1 Å². The molecule has 0 aliphatic heterocycles. The van der Waals surface area contributed by atoms with Crippen LogP contribution in [0.3, 0.4) is 0 Å². The molecule has 0 radical (unpaired) electrons. The van der Waals surface area contributed by atoms with Crippen LogP contribution in [0.4, 0.5) is 10.1 Å². The number of nitrogens with zero attached hydrogens (tertiary/aromatic N) is 3. The highest BCUT2D eigenvalue weighted by molar-refractivity contribution is 5.75. The number of anilines is 1. The van der Waals surface area contributed by atoms with Crippen LogP contribution in [0.1, 0.15) is 0 Å². The van der Waals surface area contributed by atoms with Crippen LogP contribution in [0.5, 0.6) is 5.75 Å². The molecule has 2 N–H and O–H groups in total. The van der Waals surface area contributed by atoms with Crippen molar-refractivity contribution in [2.24, 2.45) is 7.05 Å². The first kappa shape index (κ1) is 10.4. The highest BCUT2D eigenvalue weighted by atomic mass is 19.1. The predicted octanol–water partition coefficient (Wildman–Crippen LogP) is 1.21. The van der Waals surface area contributed by atoms with Crippen molar-refractivity contribution in [3.05, 3.63) is 24.1 Å². The zero-order valence-corrected chi connectivity index (χ0v) is 8.94. The van der Waals surface area contributed by atoms with Crippen molar-refractivity contribution >= 4 is 5.69 Å². The molecule has 0 saturated heterocycles. The summed E-state index contributed by atoms with van der Waals surface area (Å²) in [7, 11) is 3.09. The number of halogens is 1. The first-order valence-corrected chi connectivity index (χ1v) is 4.62. The van der Waals surface area contributed by atoms with E-state index in [2.05, 4.69) is 10.2 Å². The summed E-state index contributed by atoms with van der Waals surface area (Å²) in [6, 6.07) is 2.73. The van der Waals surface area contributed by atoms with Crippen LogP contribution >= 0.6 is 0 Å². The Morgan fingerprint density at radius 1 is 1.44 bits per heavy atom. The Kier molecular flexibility index (Phi) is 2.47. The summed E-state index contributed by atoms with van der Waals surface area (Å²) < 4.78 is 18.8. The largest absolute Gasteiger partial charge is 0.494 e. The number of ether oxygens (including phenoxy) is 1. The second kappa shape index (κ2) is 3.80. The molecular formula is C10H11FN4O. The van der Waals surface area contributed by atoms with E-state index in [1.54, 1.807) is 7.05 Å². The average Bonchev–Trinajstić information content (AvgIpc) is 2.67. The third kappa shape index (κ3) is 1.58. The molecule has 1 heterocycles. The Morgan fingerprint density at radius 3 is 2.75 bits per heavy atom. The van der Waals surface area contributed by atoms with E-state index >= 15 is 0 Å². The number of aryl methyl sites for hydroxylation is 1. The number of hydrogen-bond donors (Lipinski definition) is 1. The van der Waals surface area contributed by atoms with Gasteiger partial charge in [0.25, 0.3) is 0 Å². The zero-order valence-electron chi connectivity index (χ0n) is 8.94. The number of nitrogen functional groups attached to an aromatic ring is 1. The lowest BCUT2D eigenvalue weighted by Crippen LogP contribution is -1.98. The zero-order chi connectivity index (χ0) is 11.7. The molecule has 16 heavy (non-hydrogen) atoms. The van der Waals surface area contributed by atoms with Gasteiger partial charge in [-0.3, -0.25) is 0 Å². The summed E-state index contributed by atoms with van der Waals surface area (Å²) in [6.07, 6.45) is 1.46. The lowest BCUT2D eigenvalue weighted by atomic mass is 10.1. The summed E-state index contributed by atoms with van der Waals surface area (Å²) in [5.74, 6) is -0.160. The molecular weight excluding hydrogens is 211 g/mol. The Bertz CT molecular complexity index is 524. The molecule has 0 spiro atoms. The van der Waals surface area contributed by atoms with Crippen molar-refractivity contribution in [3.8, 4) is 17.0 Å². The first-order chi connectivity index (χ1) is 7.63. The van der Waals surface area contributed by atoms with E-state index < -0.39 is 5.82 Å². The average molecular weight is 222 g/mol. The first-order valence-electron chi connectivity index (χ1n) is 4.62. The van der Waals surface area contributed by atoms with E-state index in [-0.39, 0.29) is 11.3 Å². The van der Waals surface area contributed by atoms with Gasteiger partial charge in [0.05, 0.1) is 24.6 Å². The molecule has 0 aliphatic rings. The summed E-state index contributed by atoms with van der Waals surface area (Å²) in [5, 5.41) is 7.90.